The van der Waals surface area contributed by atoms with Gasteiger partial charge < -0.3 is 9.47 Å². The van der Waals surface area contributed by atoms with Gasteiger partial charge in [0.2, 0.25) is 6.79 Å². The lowest BCUT2D eigenvalue weighted by molar-refractivity contribution is 0.0905. The number of sulfone groups is 1. The van der Waals surface area contributed by atoms with Gasteiger partial charge in [-0.1, -0.05) is 0 Å². The highest BCUT2D eigenvalue weighted by atomic mass is 32.2. The summed E-state index contributed by atoms with van der Waals surface area (Å²) in [5, 5.41) is -0.640. The SMILES string of the molecule is O=C(c1ccc2c(c1)OCO2)C1CC2CCC(C1)S2(=O)=O. The number of carbonyl (C=O) groups excluding carboxylic acids is 1. The number of carbonyl (C=O) groups is 1. The lowest BCUT2D eigenvalue weighted by Crippen LogP contribution is -2.36. The molecule has 3 aliphatic rings. The molecule has 0 spiro atoms. The molecule has 0 amide bonds. The number of hydrogen-bond donors (Lipinski definition) is 0. The zero-order chi connectivity index (χ0) is 14.6. The zero-order valence-electron chi connectivity index (χ0n) is 11.4. The Hall–Kier alpha value is -1.56. The molecule has 0 aliphatic carbocycles. The van der Waals surface area contributed by atoms with E-state index in [-0.39, 0.29) is 29.0 Å². The van der Waals surface area contributed by atoms with Crippen molar-refractivity contribution in [1.29, 1.82) is 0 Å². The smallest absolute Gasteiger partial charge is 0.231 e. The van der Waals surface area contributed by atoms with E-state index in [4.69, 9.17) is 9.47 Å². The molecule has 3 aliphatic heterocycles. The van der Waals surface area contributed by atoms with Gasteiger partial charge in [-0.3, -0.25) is 4.79 Å². The minimum atomic E-state index is -2.98. The molecule has 0 N–H and O–H groups in total. The molecule has 0 saturated carbocycles. The lowest BCUT2D eigenvalue weighted by Gasteiger charge is -2.27. The third-order valence-electron chi connectivity index (χ3n) is 4.86. The number of ketones is 1. The van der Waals surface area contributed by atoms with Crippen molar-refractivity contribution in [1.82, 2.24) is 0 Å². The van der Waals surface area contributed by atoms with Crippen LogP contribution in [0.15, 0.2) is 18.2 Å². The predicted octanol–water partition coefficient (Wildman–Crippen LogP) is 1.95. The Morgan fingerprint density at radius 3 is 2.43 bits per heavy atom. The Morgan fingerprint density at radius 2 is 1.71 bits per heavy atom. The fraction of sp³-hybridized carbons (Fsp3) is 0.533. The van der Waals surface area contributed by atoms with Crippen LogP contribution < -0.4 is 9.47 Å². The molecule has 4 rings (SSSR count). The van der Waals surface area contributed by atoms with Gasteiger partial charge in [-0.2, -0.15) is 0 Å². The Bertz CT molecular complexity index is 689. The average Bonchev–Trinajstić information content (AvgIpc) is 2.94. The molecule has 1 aromatic carbocycles. The molecule has 2 bridgehead atoms. The van der Waals surface area contributed by atoms with Gasteiger partial charge in [0.05, 0.1) is 10.5 Å². The van der Waals surface area contributed by atoms with Crippen LogP contribution in [0.2, 0.25) is 0 Å². The van der Waals surface area contributed by atoms with Crippen molar-refractivity contribution >= 4 is 15.6 Å². The molecule has 112 valence electrons. The number of hydrogen-bond acceptors (Lipinski definition) is 5. The summed E-state index contributed by atoms with van der Waals surface area (Å²) < 4.78 is 34.7. The van der Waals surface area contributed by atoms with E-state index in [1.807, 2.05) is 0 Å². The van der Waals surface area contributed by atoms with Crippen molar-refractivity contribution in [3.05, 3.63) is 23.8 Å². The summed E-state index contributed by atoms with van der Waals surface area (Å²) in [7, 11) is -2.98. The van der Waals surface area contributed by atoms with Crippen LogP contribution in [0.1, 0.15) is 36.0 Å². The molecule has 0 radical (unpaired) electrons. The molecule has 3 heterocycles. The van der Waals surface area contributed by atoms with Gasteiger partial charge in [0.25, 0.3) is 0 Å². The number of benzene rings is 1. The number of Topliss-reactive ketones (excluding diaryl/α,β-unsaturated/α-hetero) is 1. The van der Waals surface area contributed by atoms with E-state index in [0.29, 0.717) is 42.7 Å². The van der Waals surface area contributed by atoms with Crippen LogP contribution in [0, 0.1) is 5.92 Å². The summed E-state index contributed by atoms with van der Waals surface area (Å²) in [6.07, 6.45) is 2.34. The average molecular weight is 308 g/mol. The lowest BCUT2D eigenvalue weighted by atomic mass is 9.90. The van der Waals surface area contributed by atoms with E-state index < -0.39 is 9.84 Å². The second kappa shape index (κ2) is 4.47. The quantitative estimate of drug-likeness (QED) is 0.781. The van der Waals surface area contributed by atoms with Gasteiger partial charge in [0.1, 0.15) is 0 Å². The molecule has 21 heavy (non-hydrogen) atoms. The summed E-state index contributed by atoms with van der Waals surface area (Å²) in [5.41, 5.74) is 0.586. The highest BCUT2D eigenvalue weighted by molar-refractivity contribution is 7.93. The first-order valence-corrected chi connectivity index (χ1v) is 8.83. The van der Waals surface area contributed by atoms with Crippen LogP contribution in [-0.2, 0) is 9.84 Å². The third kappa shape index (κ3) is 1.96. The van der Waals surface area contributed by atoms with Gasteiger partial charge in [-0.05, 0) is 43.9 Å². The van der Waals surface area contributed by atoms with Crippen molar-refractivity contribution in [2.45, 2.75) is 36.2 Å². The first-order valence-electron chi connectivity index (χ1n) is 7.22. The van der Waals surface area contributed by atoms with E-state index in [1.165, 1.54) is 0 Å². The maximum atomic E-state index is 12.6. The topological polar surface area (TPSA) is 69.7 Å². The largest absolute Gasteiger partial charge is 0.454 e. The van der Waals surface area contributed by atoms with Crippen molar-refractivity contribution in [3.63, 3.8) is 0 Å². The maximum Gasteiger partial charge on any atom is 0.231 e. The van der Waals surface area contributed by atoms with E-state index in [9.17, 15) is 13.2 Å². The van der Waals surface area contributed by atoms with E-state index in [2.05, 4.69) is 0 Å². The molecule has 2 atom stereocenters. The molecule has 2 unspecified atom stereocenters. The van der Waals surface area contributed by atoms with E-state index in [0.717, 1.165) is 0 Å². The molecule has 0 aromatic heterocycles. The van der Waals surface area contributed by atoms with Gasteiger partial charge in [0.15, 0.2) is 27.1 Å². The standard InChI is InChI=1S/C15H16O5S/c16-15(9-1-4-13-14(7-9)20-8-19-13)10-5-11-2-3-12(6-10)21(11,17)18/h1,4,7,10-12H,2-3,5-6,8H2. The number of rotatable bonds is 2. The summed E-state index contributed by atoms with van der Waals surface area (Å²) in [4.78, 5) is 12.6. The summed E-state index contributed by atoms with van der Waals surface area (Å²) in [6.45, 7) is 0.179. The highest BCUT2D eigenvalue weighted by Gasteiger charge is 2.48. The molecule has 2 fully saturated rings. The van der Waals surface area contributed by atoms with Crippen LogP contribution in [0.5, 0.6) is 11.5 Å². The van der Waals surface area contributed by atoms with Crippen molar-refractivity contribution in [2.24, 2.45) is 5.92 Å². The molecule has 6 heteroatoms. The van der Waals surface area contributed by atoms with Gasteiger partial charge in [-0.15, -0.1) is 0 Å². The van der Waals surface area contributed by atoms with Crippen molar-refractivity contribution in [2.75, 3.05) is 6.79 Å². The van der Waals surface area contributed by atoms with Crippen LogP contribution >= 0.6 is 0 Å². The van der Waals surface area contributed by atoms with Gasteiger partial charge in [-0.25, -0.2) is 8.42 Å². The van der Waals surface area contributed by atoms with Crippen LogP contribution in [0.25, 0.3) is 0 Å². The third-order valence-corrected chi connectivity index (χ3v) is 7.58. The molecule has 1 aromatic rings. The fourth-order valence-electron chi connectivity index (χ4n) is 3.71. The minimum absolute atomic E-state index is 0.0279. The zero-order valence-corrected chi connectivity index (χ0v) is 12.3. The second-order valence-corrected chi connectivity index (χ2v) is 8.52. The molecular weight excluding hydrogens is 292 g/mol. The Balaban J connectivity index is 1.59. The molecular formula is C15H16O5S. The number of ether oxygens (including phenoxy) is 2. The first kappa shape index (κ1) is 13.1. The highest BCUT2D eigenvalue weighted by Crippen LogP contribution is 2.42. The molecule has 2 saturated heterocycles. The maximum absolute atomic E-state index is 12.6. The Kier molecular flexibility index (Phi) is 2.79. The number of fused-ring (bicyclic) bond motifs is 3. The van der Waals surface area contributed by atoms with Crippen LogP contribution in [0.3, 0.4) is 0 Å². The van der Waals surface area contributed by atoms with E-state index in [1.54, 1.807) is 18.2 Å². The fourth-order valence-corrected chi connectivity index (χ4v) is 6.18. The van der Waals surface area contributed by atoms with E-state index >= 15 is 0 Å². The Morgan fingerprint density at radius 1 is 1.05 bits per heavy atom. The van der Waals surface area contributed by atoms with Crippen molar-refractivity contribution in [3.8, 4) is 11.5 Å². The first-order chi connectivity index (χ1) is 10.1. The normalized spacial score (nSPS) is 32.1. The predicted molar refractivity (Wildman–Crippen MR) is 75.3 cm³/mol. The van der Waals surface area contributed by atoms with Crippen LogP contribution in [0.4, 0.5) is 0 Å². The summed E-state index contributed by atoms with van der Waals surface area (Å²) in [5.74, 6) is 1.08. The molecule has 5 nitrogen and oxygen atoms in total. The summed E-state index contributed by atoms with van der Waals surface area (Å²) in [6, 6.07) is 5.18. The van der Waals surface area contributed by atoms with Gasteiger partial charge in [0, 0.05) is 11.5 Å². The second-order valence-electron chi connectivity index (χ2n) is 6.01. The Labute approximate surface area is 123 Å². The van der Waals surface area contributed by atoms with Crippen LogP contribution in [-0.4, -0.2) is 31.5 Å². The monoisotopic (exact) mass is 308 g/mol. The van der Waals surface area contributed by atoms with Crippen molar-refractivity contribution < 1.29 is 22.7 Å². The minimum Gasteiger partial charge on any atom is -0.454 e. The van der Waals surface area contributed by atoms with Gasteiger partial charge >= 0.3 is 0 Å². The summed E-state index contributed by atoms with van der Waals surface area (Å²) >= 11 is 0.